The zero-order valence-corrected chi connectivity index (χ0v) is 19.1. The van der Waals surface area contributed by atoms with Crippen molar-refractivity contribution in [2.24, 2.45) is 5.92 Å². The molecule has 0 radical (unpaired) electrons. The topological polar surface area (TPSA) is 61.9 Å². The number of nitrogens with zero attached hydrogens (tertiary/aromatic N) is 2. The highest BCUT2D eigenvalue weighted by molar-refractivity contribution is 6.07. The van der Waals surface area contributed by atoms with Crippen LogP contribution in [0.2, 0.25) is 0 Å². The number of carbonyl (C=O) groups is 2. The lowest BCUT2D eigenvalue weighted by Gasteiger charge is -2.39. The summed E-state index contributed by atoms with van der Waals surface area (Å²) in [5.41, 5.74) is 2.58. The van der Waals surface area contributed by atoms with Gasteiger partial charge in [0.2, 0.25) is 0 Å². The number of halogens is 1. The monoisotopic (exact) mass is 451 g/mol. The number of carbonyl (C=O) groups excluding carboxylic acids is 2. The van der Waals surface area contributed by atoms with Crippen LogP contribution >= 0.6 is 0 Å². The lowest BCUT2D eigenvalue weighted by Crippen LogP contribution is -2.54. The molecule has 0 spiro atoms. The van der Waals surface area contributed by atoms with Gasteiger partial charge in [-0.05, 0) is 80.4 Å². The van der Waals surface area contributed by atoms with Gasteiger partial charge in [-0.2, -0.15) is 0 Å². The molecule has 2 aromatic rings. The third-order valence-electron chi connectivity index (χ3n) is 7.67. The Hall–Kier alpha value is -2.93. The number of urea groups is 1. The summed E-state index contributed by atoms with van der Waals surface area (Å²) in [6.45, 7) is 4.23. The summed E-state index contributed by atoms with van der Waals surface area (Å²) in [6.07, 6.45) is 3.09. The first-order chi connectivity index (χ1) is 15.9. The quantitative estimate of drug-likeness (QED) is 0.707. The molecule has 2 heterocycles. The van der Waals surface area contributed by atoms with Crippen LogP contribution in [-0.2, 0) is 24.2 Å². The van der Waals surface area contributed by atoms with E-state index in [1.54, 1.807) is 12.1 Å². The van der Waals surface area contributed by atoms with Crippen molar-refractivity contribution < 1.29 is 18.7 Å². The summed E-state index contributed by atoms with van der Waals surface area (Å²) in [7, 11) is 1.47. The molecule has 2 aliphatic heterocycles. The second-order valence-electron chi connectivity index (χ2n) is 9.66. The molecular formula is C26H30FN3O3. The Morgan fingerprint density at radius 2 is 1.76 bits per heavy atom. The van der Waals surface area contributed by atoms with E-state index in [1.807, 2.05) is 19.1 Å². The van der Waals surface area contributed by atoms with Crippen LogP contribution in [0.5, 0.6) is 5.75 Å². The number of methoxy groups -OCH3 is 1. The maximum atomic E-state index is 13.7. The normalized spacial score (nSPS) is 24.3. The summed E-state index contributed by atoms with van der Waals surface area (Å²) in [5.74, 6) is -0.115. The highest BCUT2D eigenvalue weighted by atomic mass is 19.1. The van der Waals surface area contributed by atoms with Crippen molar-refractivity contribution in [3.05, 3.63) is 65.0 Å². The van der Waals surface area contributed by atoms with E-state index in [1.165, 1.54) is 29.2 Å². The van der Waals surface area contributed by atoms with Crippen molar-refractivity contribution in [1.82, 2.24) is 15.1 Å². The molecule has 3 amide bonds. The van der Waals surface area contributed by atoms with Gasteiger partial charge in [0, 0.05) is 12.6 Å². The van der Waals surface area contributed by atoms with Gasteiger partial charge in [0.15, 0.2) is 11.6 Å². The van der Waals surface area contributed by atoms with Crippen molar-refractivity contribution in [3.8, 4) is 5.75 Å². The van der Waals surface area contributed by atoms with Gasteiger partial charge in [-0.3, -0.25) is 14.6 Å². The Morgan fingerprint density at radius 1 is 1.09 bits per heavy atom. The highest BCUT2D eigenvalue weighted by Crippen LogP contribution is 2.37. The van der Waals surface area contributed by atoms with Crippen LogP contribution in [0.15, 0.2) is 42.5 Å². The van der Waals surface area contributed by atoms with Crippen molar-refractivity contribution in [3.63, 3.8) is 0 Å². The van der Waals surface area contributed by atoms with Gasteiger partial charge in [0.25, 0.3) is 5.91 Å². The largest absolute Gasteiger partial charge is 0.494 e. The molecule has 2 fully saturated rings. The van der Waals surface area contributed by atoms with Crippen molar-refractivity contribution in [2.45, 2.75) is 50.7 Å². The molecule has 33 heavy (non-hydrogen) atoms. The minimum absolute atomic E-state index is 0.0849. The molecule has 5 rings (SSSR count). The molecule has 7 heteroatoms. The second-order valence-corrected chi connectivity index (χ2v) is 9.66. The van der Waals surface area contributed by atoms with Gasteiger partial charge in [-0.1, -0.05) is 30.3 Å². The number of nitrogens with one attached hydrogen (secondary N) is 1. The predicted molar refractivity (Wildman–Crippen MR) is 122 cm³/mol. The Kier molecular flexibility index (Phi) is 5.60. The van der Waals surface area contributed by atoms with Crippen molar-refractivity contribution in [1.29, 1.82) is 0 Å². The third kappa shape index (κ3) is 3.88. The van der Waals surface area contributed by atoms with E-state index >= 15 is 0 Å². The SMILES string of the molecule is COc1cc(CN2CCC(C3(C)NC(=O)N(C4Cc5ccccc5C4)C3=O)CC2)ccc1F. The van der Waals surface area contributed by atoms with Gasteiger partial charge in [-0.25, -0.2) is 9.18 Å². The molecule has 2 saturated heterocycles. The van der Waals surface area contributed by atoms with E-state index in [0.717, 1.165) is 44.3 Å². The summed E-state index contributed by atoms with van der Waals surface area (Å²) in [6, 6.07) is 12.8. The molecule has 0 aromatic heterocycles. The van der Waals surface area contributed by atoms with E-state index in [2.05, 4.69) is 22.3 Å². The zero-order valence-electron chi connectivity index (χ0n) is 19.1. The summed E-state index contributed by atoms with van der Waals surface area (Å²) < 4.78 is 18.8. The van der Waals surface area contributed by atoms with E-state index in [9.17, 15) is 14.0 Å². The van der Waals surface area contributed by atoms with E-state index in [4.69, 9.17) is 4.74 Å². The number of likely N-dealkylation sites (tertiary alicyclic amines) is 1. The minimum Gasteiger partial charge on any atom is -0.494 e. The maximum Gasteiger partial charge on any atom is 0.325 e. The molecule has 1 unspecified atom stereocenters. The predicted octanol–water partition coefficient (Wildman–Crippen LogP) is 3.52. The summed E-state index contributed by atoms with van der Waals surface area (Å²) in [4.78, 5) is 30.2. The molecule has 0 bridgehead atoms. The number of rotatable bonds is 5. The average molecular weight is 452 g/mol. The number of benzene rings is 2. The molecule has 1 atom stereocenters. The van der Waals surface area contributed by atoms with Crippen LogP contribution < -0.4 is 10.1 Å². The summed E-state index contributed by atoms with van der Waals surface area (Å²) in [5, 5.41) is 3.05. The Labute approximate surface area is 193 Å². The van der Waals surface area contributed by atoms with Crippen LogP contribution in [0.25, 0.3) is 0 Å². The first-order valence-corrected chi connectivity index (χ1v) is 11.7. The van der Waals surface area contributed by atoms with Crippen LogP contribution in [0.4, 0.5) is 9.18 Å². The van der Waals surface area contributed by atoms with Gasteiger partial charge in [-0.15, -0.1) is 0 Å². The lowest BCUT2D eigenvalue weighted by atomic mass is 9.78. The molecule has 1 aliphatic carbocycles. The lowest BCUT2D eigenvalue weighted by molar-refractivity contribution is -0.134. The minimum atomic E-state index is -0.864. The van der Waals surface area contributed by atoms with Crippen LogP contribution in [-0.4, -0.2) is 53.5 Å². The Balaban J connectivity index is 1.22. The van der Waals surface area contributed by atoms with Gasteiger partial charge in [0.05, 0.1) is 7.11 Å². The van der Waals surface area contributed by atoms with Gasteiger partial charge < -0.3 is 10.1 Å². The highest BCUT2D eigenvalue weighted by Gasteiger charge is 2.55. The first kappa shape index (κ1) is 21.9. The van der Waals surface area contributed by atoms with Crippen LogP contribution in [0, 0.1) is 11.7 Å². The number of amides is 3. The number of hydrogen-bond acceptors (Lipinski definition) is 4. The van der Waals surface area contributed by atoms with Gasteiger partial charge >= 0.3 is 6.03 Å². The average Bonchev–Trinajstić information content (AvgIpc) is 3.33. The van der Waals surface area contributed by atoms with E-state index in [0.29, 0.717) is 6.54 Å². The standard InChI is InChI=1S/C26H30FN3O3/c1-26(20-9-11-29(12-10-20)16-17-7-8-22(27)23(13-17)33-2)24(31)30(25(32)28-26)21-14-18-5-3-4-6-19(18)15-21/h3-8,13,20-21H,9-12,14-16H2,1-2H3,(H,28,32). The molecule has 2 aromatic carbocycles. The van der Waals surface area contributed by atoms with Gasteiger partial charge in [0.1, 0.15) is 5.54 Å². The number of imide groups is 1. The fraction of sp³-hybridized carbons (Fsp3) is 0.462. The zero-order chi connectivity index (χ0) is 23.2. The van der Waals surface area contributed by atoms with Crippen molar-refractivity contribution in [2.75, 3.05) is 20.2 Å². The van der Waals surface area contributed by atoms with Crippen LogP contribution in [0.1, 0.15) is 36.5 Å². The molecular weight excluding hydrogens is 421 g/mol. The molecule has 0 saturated carbocycles. The molecule has 3 aliphatic rings. The maximum absolute atomic E-state index is 13.7. The second kappa shape index (κ2) is 8.45. The van der Waals surface area contributed by atoms with Crippen LogP contribution in [0.3, 0.4) is 0 Å². The number of fused-ring (bicyclic) bond motifs is 1. The van der Waals surface area contributed by atoms with E-state index in [-0.39, 0.29) is 35.5 Å². The third-order valence-corrected chi connectivity index (χ3v) is 7.67. The van der Waals surface area contributed by atoms with Crippen molar-refractivity contribution >= 4 is 11.9 Å². The molecule has 174 valence electrons. The Morgan fingerprint density at radius 3 is 2.39 bits per heavy atom. The number of hydrogen-bond donors (Lipinski definition) is 1. The number of piperidine rings is 1. The summed E-state index contributed by atoms with van der Waals surface area (Å²) >= 11 is 0. The first-order valence-electron chi connectivity index (χ1n) is 11.7. The number of ether oxygens (including phenoxy) is 1. The fourth-order valence-electron chi connectivity index (χ4n) is 5.73. The van der Waals surface area contributed by atoms with E-state index < -0.39 is 5.54 Å². The Bertz CT molecular complexity index is 1060. The fourth-order valence-corrected chi connectivity index (χ4v) is 5.73. The smallest absolute Gasteiger partial charge is 0.325 e. The molecule has 6 nitrogen and oxygen atoms in total. The molecule has 1 N–H and O–H groups in total.